The maximum atomic E-state index is 14.2. The summed E-state index contributed by atoms with van der Waals surface area (Å²) in [6, 6.07) is 15.9. The molecule has 2 amide bonds. The fraction of sp³-hybridized carbons (Fsp3) is 0.448. The molecule has 2 aliphatic rings. The third-order valence-electron chi connectivity index (χ3n) is 7.95. The number of amides is 2. The minimum Gasteiger partial charge on any atom is -0.496 e. The Balaban J connectivity index is 1.61. The van der Waals surface area contributed by atoms with Gasteiger partial charge in [0.25, 0.3) is 5.91 Å². The van der Waals surface area contributed by atoms with Gasteiger partial charge in [-0.05, 0) is 49.4 Å². The van der Waals surface area contributed by atoms with Crippen molar-refractivity contribution in [3.8, 4) is 11.5 Å². The first kappa shape index (κ1) is 24.2. The second-order valence-electron chi connectivity index (χ2n) is 10.3. The van der Waals surface area contributed by atoms with Crippen molar-refractivity contribution < 1.29 is 19.1 Å². The topological polar surface area (TPSA) is 72.8 Å². The largest absolute Gasteiger partial charge is 0.496 e. The van der Waals surface area contributed by atoms with E-state index in [0.717, 1.165) is 42.1 Å². The molecule has 5 rings (SSSR count). The van der Waals surface area contributed by atoms with Gasteiger partial charge in [-0.2, -0.15) is 0 Å². The first-order valence-electron chi connectivity index (χ1n) is 12.8. The van der Waals surface area contributed by atoms with E-state index in [2.05, 4.69) is 24.4 Å². The van der Waals surface area contributed by atoms with Gasteiger partial charge >= 0.3 is 0 Å². The van der Waals surface area contributed by atoms with Crippen LogP contribution in [0.5, 0.6) is 11.5 Å². The summed E-state index contributed by atoms with van der Waals surface area (Å²) in [4.78, 5) is 29.9. The minimum atomic E-state index is -1.06. The lowest BCUT2D eigenvalue weighted by Crippen LogP contribution is -2.65. The highest BCUT2D eigenvalue weighted by atomic mass is 16.5. The number of rotatable bonds is 7. The van der Waals surface area contributed by atoms with Crippen molar-refractivity contribution >= 4 is 22.7 Å². The van der Waals surface area contributed by atoms with Gasteiger partial charge in [0.15, 0.2) is 0 Å². The summed E-state index contributed by atoms with van der Waals surface area (Å²) in [6.45, 7) is 4.77. The molecule has 1 saturated carbocycles. The van der Waals surface area contributed by atoms with Gasteiger partial charge in [-0.1, -0.05) is 50.1 Å². The van der Waals surface area contributed by atoms with Gasteiger partial charge in [0.2, 0.25) is 5.91 Å². The second-order valence-corrected chi connectivity index (χ2v) is 10.3. The molecule has 1 aliphatic heterocycles. The van der Waals surface area contributed by atoms with Crippen molar-refractivity contribution in [2.75, 3.05) is 20.8 Å². The van der Waals surface area contributed by atoms with E-state index in [9.17, 15) is 9.59 Å². The number of benzene rings is 2. The maximum Gasteiger partial charge on any atom is 0.271 e. The standard InChI is InChI=1S/C29H35N3O4/c1-19(20-10-6-5-7-11-20)17-32-27(33)23-16-22-24(35-3)14-15-25(36-4)26(22)31(23)18-29(32,2)28(34)30-21-12-8-9-13-21/h5-7,10-11,14-16,19,21H,8-9,12-13,17-18H2,1-4H3,(H,30,34). The molecule has 1 aliphatic carbocycles. The Morgan fingerprint density at radius 2 is 1.75 bits per heavy atom. The molecule has 0 radical (unpaired) electrons. The van der Waals surface area contributed by atoms with Crippen molar-refractivity contribution in [2.45, 2.75) is 63.6 Å². The van der Waals surface area contributed by atoms with E-state index in [1.807, 2.05) is 47.9 Å². The van der Waals surface area contributed by atoms with Gasteiger partial charge in [-0.15, -0.1) is 0 Å². The predicted molar refractivity (Wildman–Crippen MR) is 140 cm³/mol. The number of hydrogen-bond acceptors (Lipinski definition) is 4. The smallest absolute Gasteiger partial charge is 0.271 e. The molecule has 190 valence electrons. The predicted octanol–water partition coefficient (Wildman–Crippen LogP) is 4.74. The van der Waals surface area contributed by atoms with E-state index in [-0.39, 0.29) is 23.8 Å². The molecule has 1 fully saturated rings. The number of carbonyl (C=O) groups is 2. The van der Waals surface area contributed by atoms with Crippen molar-refractivity contribution in [2.24, 2.45) is 0 Å². The van der Waals surface area contributed by atoms with Crippen LogP contribution in [-0.2, 0) is 11.3 Å². The Kier molecular flexibility index (Phi) is 6.41. The highest BCUT2D eigenvalue weighted by Crippen LogP contribution is 2.40. The monoisotopic (exact) mass is 489 g/mol. The molecule has 7 nitrogen and oxygen atoms in total. The third-order valence-corrected chi connectivity index (χ3v) is 7.95. The molecule has 2 heterocycles. The van der Waals surface area contributed by atoms with E-state index in [0.29, 0.717) is 30.3 Å². The highest BCUT2D eigenvalue weighted by molar-refractivity contribution is 6.06. The lowest BCUT2D eigenvalue weighted by Gasteiger charge is -2.45. The second kappa shape index (κ2) is 9.52. The third kappa shape index (κ3) is 4.00. The van der Waals surface area contributed by atoms with Crippen molar-refractivity contribution in [1.82, 2.24) is 14.8 Å². The van der Waals surface area contributed by atoms with E-state index in [4.69, 9.17) is 9.47 Å². The number of nitrogens with one attached hydrogen (secondary N) is 1. The SMILES string of the molecule is COc1ccc(OC)c2c1cc1n2CC(C)(C(=O)NC2CCCC2)N(CC(C)c2ccccc2)C1=O. The number of aromatic nitrogens is 1. The first-order chi connectivity index (χ1) is 17.4. The van der Waals surface area contributed by atoms with Crippen molar-refractivity contribution in [3.05, 3.63) is 59.8 Å². The van der Waals surface area contributed by atoms with E-state index < -0.39 is 5.54 Å². The number of ether oxygens (including phenoxy) is 2. The fourth-order valence-corrected chi connectivity index (χ4v) is 5.81. The Hall–Kier alpha value is -3.48. The van der Waals surface area contributed by atoms with Crippen molar-refractivity contribution in [1.29, 1.82) is 0 Å². The van der Waals surface area contributed by atoms with Gasteiger partial charge in [-0.3, -0.25) is 9.59 Å². The first-order valence-corrected chi connectivity index (χ1v) is 12.8. The highest BCUT2D eigenvalue weighted by Gasteiger charge is 2.49. The van der Waals surface area contributed by atoms with Crippen LogP contribution in [0.2, 0.25) is 0 Å². The molecule has 2 atom stereocenters. The molecule has 3 aromatic rings. The average Bonchev–Trinajstić information content (AvgIpc) is 3.54. The summed E-state index contributed by atoms with van der Waals surface area (Å²) in [5, 5.41) is 4.08. The number of fused-ring (bicyclic) bond motifs is 3. The van der Waals surface area contributed by atoms with Crippen LogP contribution in [-0.4, -0.2) is 53.6 Å². The van der Waals surface area contributed by atoms with E-state index in [1.165, 1.54) is 0 Å². The summed E-state index contributed by atoms with van der Waals surface area (Å²) in [5.41, 5.74) is 1.39. The van der Waals surface area contributed by atoms with E-state index >= 15 is 0 Å². The van der Waals surface area contributed by atoms with Gasteiger partial charge in [0, 0.05) is 18.0 Å². The summed E-state index contributed by atoms with van der Waals surface area (Å²) < 4.78 is 13.2. The van der Waals surface area contributed by atoms with Gasteiger partial charge < -0.3 is 24.3 Å². The van der Waals surface area contributed by atoms with Crippen LogP contribution >= 0.6 is 0 Å². The molecular weight excluding hydrogens is 454 g/mol. The molecule has 0 saturated heterocycles. The molecule has 1 N–H and O–H groups in total. The Morgan fingerprint density at radius 1 is 1.08 bits per heavy atom. The summed E-state index contributed by atoms with van der Waals surface area (Å²) in [7, 11) is 3.23. The summed E-state index contributed by atoms with van der Waals surface area (Å²) >= 11 is 0. The van der Waals surface area contributed by atoms with Crippen LogP contribution in [0, 0.1) is 0 Å². The fourth-order valence-electron chi connectivity index (χ4n) is 5.81. The number of hydrogen-bond donors (Lipinski definition) is 1. The van der Waals surface area contributed by atoms with Crippen LogP contribution < -0.4 is 14.8 Å². The van der Waals surface area contributed by atoms with Crippen LogP contribution in [0.3, 0.4) is 0 Å². The number of nitrogens with zero attached hydrogens (tertiary/aromatic N) is 2. The summed E-state index contributed by atoms with van der Waals surface area (Å²) in [6.07, 6.45) is 4.22. The molecule has 36 heavy (non-hydrogen) atoms. The van der Waals surface area contributed by atoms with Crippen molar-refractivity contribution in [3.63, 3.8) is 0 Å². The molecule has 1 aromatic heterocycles. The van der Waals surface area contributed by atoms with Crippen LogP contribution in [0.4, 0.5) is 0 Å². The maximum absolute atomic E-state index is 14.2. The summed E-state index contributed by atoms with van der Waals surface area (Å²) in [5.74, 6) is 1.12. The Labute approximate surface area is 212 Å². The Morgan fingerprint density at radius 3 is 2.42 bits per heavy atom. The normalized spacial score (nSPS) is 20.9. The molecule has 0 spiro atoms. The van der Waals surface area contributed by atoms with Gasteiger partial charge in [-0.25, -0.2) is 0 Å². The van der Waals surface area contributed by atoms with Crippen LogP contribution in [0.1, 0.15) is 61.5 Å². The van der Waals surface area contributed by atoms with Gasteiger partial charge in [0.05, 0.1) is 26.3 Å². The Bertz CT molecular complexity index is 1280. The molecular formula is C29H35N3O4. The lowest BCUT2D eigenvalue weighted by atomic mass is 9.91. The zero-order chi connectivity index (χ0) is 25.4. The molecule has 7 heteroatoms. The van der Waals surface area contributed by atoms with Gasteiger partial charge in [0.1, 0.15) is 22.7 Å². The quantitative estimate of drug-likeness (QED) is 0.521. The molecule has 0 bridgehead atoms. The van der Waals surface area contributed by atoms with Crippen LogP contribution in [0.25, 0.3) is 10.9 Å². The average molecular weight is 490 g/mol. The number of carbonyl (C=O) groups excluding carboxylic acids is 2. The lowest BCUT2D eigenvalue weighted by molar-refractivity contribution is -0.133. The number of methoxy groups -OCH3 is 2. The zero-order valence-corrected chi connectivity index (χ0v) is 21.5. The van der Waals surface area contributed by atoms with Crippen LogP contribution in [0.15, 0.2) is 48.5 Å². The molecule has 2 unspecified atom stereocenters. The molecule has 2 aromatic carbocycles. The zero-order valence-electron chi connectivity index (χ0n) is 21.5. The minimum absolute atomic E-state index is 0.0637. The van der Waals surface area contributed by atoms with E-state index in [1.54, 1.807) is 19.1 Å².